The topological polar surface area (TPSA) is 41.6 Å². The molecule has 4 heteroatoms. The quantitative estimate of drug-likeness (QED) is 0.765. The first-order valence-electron chi connectivity index (χ1n) is 6.72. The number of piperidine rings is 1. The van der Waals surface area contributed by atoms with E-state index in [0.717, 1.165) is 32.4 Å². The van der Waals surface area contributed by atoms with E-state index in [1.807, 2.05) is 11.8 Å². The number of amides is 1. The summed E-state index contributed by atoms with van der Waals surface area (Å²) in [5.74, 6) is 0.235. The van der Waals surface area contributed by atoms with Crippen LogP contribution in [-0.2, 0) is 9.53 Å². The van der Waals surface area contributed by atoms with Crippen LogP contribution in [0.2, 0.25) is 0 Å². The van der Waals surface area contributed by atoms with E-state index in [0.29, 0.717) is 6.61 Å². The van der Waals surface area contributed by atoms with Gasteiger partial charge in [-0.25, -0.2) is 0 Å². The molecule has 0 aromatic heterocycles. The highest BCUT2D eigenvalue weighted by molar-refractivity contribution is 5.81. The molecule has 0 aliphatic carbocycles. The first kappa shape index (κ1) is 14.5. The van der Waals surface area contributed by atoms with E-state index >= 15 is 0 Å². The van der Waals surface area contributed by atoms with E-state index < -0.39 is 0 Å². The summed E-state index contributed by atoms with van der Waals surface area (Å²) in [5, 5.41) is 3.35. The summed E-state index contributed by atoms with van der Waals surface area (Å²) in [7, 11) is 1.70. The van der Waals surface area contributed by atoms with Gasteiger partial charge in [-0.1, -0.05) is 6.92 Å². The molecule has 17 heavy (non-hydrogen) atoms. The van der Waals surface area contributed by atoms with Gasteiger partial charge in [-0.15, -0.1) is 0 Å². The summed E-state index contributed by atoms with van der Waals surface area (Å²) in [5.41, 5.74) is 0. The van der Waals surface area contributed by atoms with E-state index in [9.17, 15) is 4.79 Å². The molecule has 2 atom stereocenters. The molecule has 100 valence electrons. The van der Waals surface area contributed by atoms with Crippen LogP contribution in [0.5, 0.6) is 0 Å². The maximum absolute atomic E-state index is 12.2. The average Bonchev–Trinajstić information content (AvgIpc) is 2.38. The molecule has 1 fully saturated rings. The molecule has 0 radical (unpaired) electrons. The molecule has 4 nitrogen and oxygen atoms in total. The molecule has 0 bridgehead atoms. The molecule has 1 rings (SSSR count). The molecule has 0 spiro atoms. The lowest BCUT2D eigenvalue weighted by molar-refractivity contribution is -0.134. The van der Waals surface area contributed by atoms with Crippen LogP contribution in [0.4, 0.5) is 0 Å². The Morgan fingerprint density at radius 2 is 2.00 bits per heavy atom. The standard InChI is InChI=1S/C13H26N2O2/c1-4-12(10-17-3)14-11(2)13(16)15-8-6-5-7-9-15/h11-12,14H,4-10H2,1-3H3. The van der Waals surface area contributed by atoms with Gasteiger partial charge in [0.15, 0.2) is 0 Å². The average molecular weight is 242 g/mol. The highest BCUT2D eigenvalue weighted by atomic mass is 16.5. The SMILES string of the molecule is CCC(COC)NC(C)C(=O)N1CCCCC1. The van der Waals surface area contributed by atoms with Gasteiger partial charge in [-0.05, 0) is 32.6 Å². The molecular formula is C13H26N2O2. The van der Waals surface area contributed by atoms with Crippen molar-refractivity contribution in [2.75, 3.05) is 26.8 Å². The molecule has 0 aromatic rings. The van der Waals surface area contributed by atoms with Crippen molar-refractivity contribution in [2.24, 2.45) is 0 Å². The number of likely N-dealkylation sites (tertiary alicyclic amines) is 1. The molecule has 0 saturated carbocycles. The van der Waals surface area contributed by atoms with Crippen LogP contribution in [-0.4, -0.2) is 49.7 Å². The van der Waals surface area contributed by atoms with Gasteiger partial charge < -0.3 is 15.0 Å². The maximum Gasteiger partial charge on any atom is 0.239 e. The van der Waals surface area contributed by atoms with Crippen molar-refractivity contribution in [1.29, 1.82) is 0 Å². The summed E-state index contributed by atoms with van der Waals surface area (Å²) in [6.07, 6.45) is 4.53. The normalized spacial score (nSPS) is 20.1. The van der Waals surface area contributed by atoms with Gasteiger partial charge in [0.1, 0.15) is 0 Å². The van der Waals surface area contributed by atoms with Gasteiger partial charge in [-0.2, -0.15) is 0 Å². The fourth-order valence-electron chi connectivity index (χ4n) is 2.30. The van der Waals surface area contributed by atoms with Gasteiger partial charge in [0.05, 0.1) is 12.6 Å². The minimum absolute atomic E-state index is 0.104. The fraction of sp³-hybridized carbons (Fsp3) is 0.923. The van der Waals surface area contributed by atoms with Crippen LogP contribution >= 0.6 is 0 Å². The van der Waals surface area contributed by atoms with Crippen molar-refractivity contribution in [2.45, 2.75) is 51.6 Å². The number of carbonyl (C=O) groups excluding carboxylic acids is 1. The summed E-state index contributed by atoms with van der Waals surface area (Å²) >= 11 is 0. The summed E-state index contributed by atoms with van der Waals surface area (Å²) in [6, 6.07) is 0.164. The van der Waals surface area contributed by atoms with Crippen LogP contribution in [0, 0.1) is 0 Å². The van der Waals surface area contributed by atoms with Crippen molar-refractivity contribution in [3.05, 3.63) is 0 Å². The monoisotopic (exact) mass is 242 g/mol. The predicted molar refractivity (Wildman–Crippen MR) is 69.0 cm³/mol. The minimum Gasteiger partial charge on any atom is -0.383 e. The second kappa shape index (κ2) is 7.67. The lowest BCUT2D eigenvalue weighted by Crippen LogP contribution is -2.50. The van der Waals surface area contributed by atoms with Gasteiger partial charge in [-0.3, -0.25) is 4.79 Å². The number of nitrogens with one attached hydrogen (secondary N) is 1. The van der Waals surface area contributed by atoms with Gasteiger partial charge in [0, 0.05) is 26.2 Å². The van der Waals surface area contributed by atoms with Crippen molar-refractivity contribution < 1.29 is 9.53 Å². The second-order valence-electron chi connectivity index (χ2n) is 4.83. The smallest absolute Gasteiger partial charge is 0.239 e. The highest BCUT2D eigenvalue weighted by Crippen LogP contribution is 2.10. The Hall–Kier alpha value is -0.610. The number of rotatable bonds is 6. The molecular weight excluding hydrogens is 216 g/mol. The van der Waals surface area contributed by atoms with Crippen molar-refractivity contribution in [3.8, 4) is 0 Å². The van der Waals surface area contributed by atoms with E-state index in [-0.39, 0.29) is 18.0 Å². The number of hydrogen-bond acceptors (Lipinski definition) is 3. The Morgan fingerprint density at radius 3 is 2.53 bits per heavy atom. The largest absolute Gasteiger partial charge is 0.383 e. The third-order valence-electron chi connectivity index (χ3n) is 3.38. The molecule has 1 N–H and O–H groups in total. The summed E-state index contributed by atoms with van der Waals surface area (Å²) in [4.78, 5) is 14.2. The Bertz CT molecular complexity index is 227. The molecule has 1 saturated heterocycles. The van der Waals surface area contributed by atoms with Crippen LogP contribution < -0.4 is 5.32 Å². The number of hydrogen-bond donors (Lipinski definition) is 1. The number of carbonyl (C=O) groups is 1. The Labute approximate surface area is 105 Å². The van der Waals surface area contributed by atoms with Crippen molar-refractivity contribution in [1.82, 2.24) is 10.2 Å². The minimum atomic E-state index is -0.104. The Kier molecular flexibility index (Phi) is 6.52. The van der Waals surface area contributed by atoms with Crippen molar-refractivity contribution >= 4 is 5.91 Å². The van der Waals surface area contributed by atoms with Gasteiger partial charge in [0.25, 0.3) is 0 Å². The highest BCUT2D eigenvalue weighted by Gasteiger charge is 2.23. The van der Waals surface area contributed by atoms with Gasteiger partial charge in [0.2, 0.25) is 5.91 Å². The maximum atomic E-state index is 12.2. The number of nitrogens with zero attached hydrogens (tertiary/aromatic N) is 1. The molecule has 1 aliphatic rings. The predicted octanol–water partition coefficient (Wildman–Crippen LogP) is 1.40. The van der Waals surface area contributed by atoms with Crippen LogP contribution in [0.3, 0.4) is 0 Å². The first-order chi connectivity index (χ1) is 8.19. The van der Waals surface area contributed by atoms with Crippen LogP contribution in [0.25, 0.3) is 0 Å². The second-order valence-corrected chi connectivity index (χ2v) is 4.83. The molecule has 2 unspecified atom stereocenters. The third-order valence-corrected chi connectivity index (χ3v) is 3.38. The zero-order valence-corrected chi connectivity index (χ0v) is 11.4. The first-order valence-corrected chi connectivity index (χ1v) is 6.72. The summed E-state index contributed by atoms with van der Waals surface area (Å²) in [6.45, 7) is 6.57. The zero-order valence-electron chi connectivity index (χ0n) is 11.4. The summed E-state index contributed by atoms with van der Waals surface area (Å²) < 4.78 is 5.13. The molecule has 0 aromatic carbocycles. The molecule has 1 heterocycles. The van der Waals surface area contributed by atoms with E-state index in [1.54, 1.807) is 7.11 Å². The lowest BCUT2D eigenvalue weighted by Gasteiger charge is -2.31. The third kappa shape index (κ3) is 4.64. The van der Waals surface area contributed by atoms with Gasteiger partial charge >= 0.3 is 0 Å². The van der Waals surface area contributed by atoms with E-state index in [4.69, 9.17) is 4.74 Å². The zero-order chi connectivity index (χ0) is 12.7. The Balaban J connectivity index is 2.39. The van der Waals surface area contributed by atoms with Crippen LogP contribution in [0.15, 0.2) is 0 Å². The van der Waals surface area contributed by atoms with Crippen LogP contribution in [0.1, 0.15) is 39.5 Å². The number of methoxy groups -OCH3 is 1. The number of ether oxygens (including phenoxy) is 1. The van der Waals surface area contributed by atoms with Crippen molar-refractivity contribution in [3.63, 3.8) is 0 Å². The lowest BCUT2D eigenvalue weighted by atomic mass is 10.1. The molecule has 1 aliphatic heterocycles. The fourth-order valence-corrected chi connectivity index (χ4v) is 2.30. The van der Waals surface area contributed by atoms with E-state index in [1.165, 1.54) is 6.42 Å². The molecule has 1 amide bonds. The Morgan fingerprint density at radius 1 is 1.35 bits per heavy atom. The van der Waals surface area contributed by atoms with E-state index in [2.05, 4.69) is 12.2 Å².